The Morgan fingerprint density at radius 3 is 2.96 bits per heavy atom. The van der Waals surface area contributed by atoms with Gasteiger partial charge in [0.2, 0.25) is 0 Å². The summed E-state index contributed by atoms with van der Waals surface area (Å²) < 4.78 is 0. The van der Waals surface area contributed by atoms with Crippen LogP contribution in [0.1, 0.15) is 23.3 Å². The van der Waals surface area contributed by atoms with Crippen LogP contribution >= 0.6 is 11.3 Å². The first kappa shape index (κ1) is 14.2. The van der Waals surface area contributed by atoms with Gasteiger partial charge in [0.05, 0.1) is 5.39 Å². The molecule has 5 heteroatoms. The van der Waals surface area contributed by atoms with E-state index in [0.717, 1.165) is 30.2 Å². The Balaban J connectivity index is 1.40. The van der Waals surface area contributed by atoms with Crippen LogP contribution in [0.3, 0.4) is 0 Å². The van der Waals surface area contributed by atoms with Crippen LogP contribution < -0.4 is 10.2 Å². The van der Waals surface area contributed by atoms with Gasteiger partial charge in [-0.3, -0.25) is 0 Å². The molecule has 2 aliphatic rings. The standard InChI is InChI=1S/C19H20N4S/c1-2-5-14(6-3-1)23-10-9-13(11-23)22-18-17-15-7-4-8-16(15)24-19(17)21-12-20-18/h1-3,5-6,12-13H,4,7-11H2,(H,20,21,22). The number of aromatic nitrogens is 2. The fourth-order valence-electron chi connectivity index (χ4n) is 3.98. The fourth-order valence-corrected chi connectivity index (χ4v) is 5.21. The van der Waals surface area contributed by atoms with E-state index in [0.29, 0.717) is 6.04 Å². The molecule has 0 bridgehead atoms. The highest BCUT2D eigenvalue weighted by molar-refractivity contribution is 7.19. The van der Waals surface area contributed by atoms with Gasteiger partial charge in [0.25, 0.3) is 0 Å². The minimum absolute atomic E-state index is 0.445. The Bertz CT molecular complexity index is 874. The van der Waals surface area contributed by atoms with Crippen molar-refractivity contribution < 1.29 is 0 Å². The molecule has 1 N–H and O–H groups in total. The van der Waals surface area contributed by atoms with Gasteiger partial charge in [-0.1, -0.05) is 18.2 Å². The summed E-state index contributed by atoms with van der Waals surface area (Å²) in [5.41, 5.74) is 2.81. The van der Waals surface area contributed by atoms with Crippen molar-refractivity contribution in [3.63, 3.8) is 0 Å². The lowest BCUT2D eigenvalue weighted by Crippen LogP contribution is -2.26. The van der Waals surface area contributed by atoms with E-state index in [1.165, 1.54) is 40.8 Å². The van der Waals surface area contributed by atoms with Crippen molar-refractivity contribution in [3.8, 4) is 0 Å². The second-order valence-electron chi connectivity index (χ2n) is 6.67. The van der Waals surface area contributed by atoms with E-state index in [2.05, 4.69) is 50.5 Å². The first-order chi connectivity index (χ1) is 11.9. The number of anilines is 2. The van der Waals surface area contributed by atoms with Crippen LogP contribution in [0, 0.1) is 0 Å². The number of para-hydroxylation sites is 1. The van der Waals surface area contributed by atoms with Crippen molar-refractivity contribution in [2.24, 2.45) is 0 Å². The molecule has 1 atom stereocenters. The predicted octanol–water partition coefficient (Wildman–Crippen LogP) is 3.87. The van der Waals surface area contributed by atoms with Gasteiger partial charge in [0.1, 0.15) is 17.0 Å². The maximum absolute atomic E-state index is 4.58. The van der Waals surface area contributed by atoms with Gasteiger partial charge < -0.3 is 10.2 Å². The van der Waals surface area contributed by atoms with Crippen LogP contribution in [0.4, 0.5) is 11.5 Å². The van der Waals surface area contributed by atoms with Gasteiger partial charge in [0.15, 0.2) is 0 Å². The molecule has 24 heavy (non-hydrogen) atoms. The maximum atomic E-state index is 4.58. The molecule has 3 aromatic rings. The lowest BCUT2D eigenvalue weighted by Gasteiger charge is -2.19. The summed E-state index contributed by atoms with van der Waals surface area (Å²) in [5, 5.41) is 5.00. The summed E-state index contributed by atoms with van der Waals surface area (Å²) in [7, 11) is 0. The third kappa shape index (κ3) is 2.35. The largest absolute Gasteiger partial charge is 0.369 e. The topological polar surface area (TPSA) is 41.0 Å². The fraction of sp³-hybridized carbons (Fsp3) is 0.368. The van der Waals surface area contributed by atoms with Crippen LogP contribution in [-0.2, 0) is 12.8 Å². The van der Waals surface area contributed by atoms with E-state index in [-0.39, 0.29) is 0 Å². The Kier molecular flexibility index (Phi) is 3.40. The van der Waals surface area contributed by atoms with Crippen molar-refractivity contribution in [2.45, 2.75) is 31.7 Å². The van der Waals surface area contributed by atoms with Crippen molar-refractivity contribution in [1.82, 2.24) is 9.97 Å². The van der Waals surface area contributed by atoms with Crippen LogP contribution in [-0.4, -0.2) is 29.1 Å². The second kappa shape index (κ2) is 5.74. The normalized spacial score (nSPS) is 19.8. The lowest BCUT2D eigenvalue weighted by molar-refractivity contribution is 0.801. The first-order valence-electron chi connectivity index (χ1n) is 8.70. The summed E-state index contributed by atoms with van der Waals surface area (Å²) in [6, 6.07) is 11.1. The number of nitrogens with one attached hydrogen (secondary N) is 1. The number of hydrogen-bond donors (Lipinski definition) is 1. The Labute approximate surface area is 145 Å². The molecule has 1 aliphatic carbocycles. The molecule has 1 fully saturated rings. The lowest BCUT2D eigenvalue weighted by atomic mass is 10.1. The summed E-state index contributed by atoms with van der Waals surface area (Å²) in [6.07, 6.45) is 6.52. The molecule has 0 radical (unpaired) electrons. The summed E-state index contributed by atoms with van der Waals surface area (Å²) in [6.45, 7) is 2.12. The van der Waals surface area contributed by atoms with E-state index in [9.17, 15) is 0 Å². The SMILES string of the molecule is c1ccc(N2CCC(Nc3ncnc4sc5c(c34)CCC5)C2)cc1. The molecule has 5 rings (SSSR count). The van der Waals surface area contributed by atoms with Gasteiger partial charge in [-0.15, -0.1) is 11.3 Å². The van der Waals surface area contributed by atoms with Gasteiger partial charge in [-0.2, -0.15) is 0 Å². The first-order valence-corrected chi connectivity index (χ1v) is 9.52. The Hall–Kier alpha value is -2.14. The zero-order chi connectivity index (χ0) is 15.9. The third-order valence-corrected chi connectivity index (χ3v) is 6.35. The summed E-state index contributed by atoms with van der Waals surface area (Å²) >= 11 is 1.85. The number of rotatable bonds is 3. The number of benzene rings is 1. The highest BCUT2D eigenvalue weighted by Crippen LogP contribution is 2.39. The van der Waals surface area contributed by atoms with Crippen LogP contribution in [0.25, 0.3) is 10.2 Å². The molecule has 0 amide bonds. The molecule has 3 heterocycles. The third-order valence-electron chi connectivity index (χ3n) is 5.15. The quantitative estimate of drug-likeness (QED) is 0.788. The highest BCUT2D eigenvalue weighted by Gasteiger charge is 2.26. The predicted molar refractivity (Wildman–Crippen MR) is 100 cm³/mol. The monoisotopic (exact) mass is 336 g/mol. The minimum Gasteiger partial charge on any atom is -0.369 e. The van der Waals surface area contributed by atoms with Crippen LogP contribution in [0.2, 0.25) is 0 Å². The van der Waals surface area contributed by atoms with Crippen LogP contribution in [0.5, 0.6) is 0 Å². The average Bonchev–Trinajstić information content (AvgIpc) is 3.31. The average molecular weight is 336 g/mol. The number of thiophene rings is 1. The number of hydrogen-bond acceptors (Lipinski definition) is 5. The highest BCUT2D eigenvalue weighted by atomic mass is 32.1. The molecule has 2 aromatic heterocycles. The molecular weight excluding hydrogens is 316 g/mol. The molecule has 1 saturated heterocycles. The second-order valence-corrected chi connectivity index (χ2v) is 7.75. The summed E-state index contributed by atoms with van der Waals surface area (Å²) in [4.78, 5) is 14.2. The number of nitrogens with zero attached hydrogens (tertiary/aromatic N) is 3. The van der Waals surface area contributed by atoms with E-state index < -0.39 is 0 Å². The van der Waals surface area contributed by atoms with E-state index >= 15 is 0 Å². The van der Waals surface area contributed by atoms with Crippen LogP contribution in [0.15, 0.2) is 36.7 Å². The zero-order valence-electron chi connectivity index (χ0n) is 13.5. The van der Waals surface area contributed by atoms with E-state index in [1.807, 2.05) is 11.3 Å². The minimum atomic E-state index is 0.445. The molecule has 0 saturated carbocycles. The van der Waals surface area contributed by atoms with Crippen molar-refractivity contribution >= 4 is 33.1 Å². The van der Waals surface area contributed by atoms with Gasteiger partial charge >= 0.3 is 0 Å². The zero-order valence-corrected chi connectivity index (χ0v) is 14.4. The summed E-state index contributed by atoms with van der Waals surface area (Å²) in [5.74, 6) is 1.04. The number of fused-ring (bicyclic) bond motifs is 3. The van der Waals surface area contributed by atoms with Crippen molar-refractivity contribution in [1.29, 1.82) is 0 Å². The molecule has 0 spiro atoms. The van der Waals surface area contributed by atoms with Gasteiger partial charge in [0, 0.05) is 29.7 Å². The Morgan fingerprint density at radius 1 is 1.12 bits per heavy atom. The molecule has 122 valence electrons. The molecule has 1 aliphatic heterocycles. The molecule has 1 unspecified atom stereocenters. The Morgan fingerprint density at radius 2 is 2.04 bits per heavy atom. The van der Waals surface area contributed by atoms with E-state index in [1.54, 1.807) is 6.33 Å². The van der Waals surface area contributed by atoms with Crippen molar-refractivity contribution in [3.05, 3.63) is 47.1 Å². The number of aryl methyl sites for hydroxylation is 2. The maximum Gasteiger partial charge on any atom is 0.138 e. The molecule has 1 aromatic carbocycles. The van der Waals surface area contributed by atoms with E-state index in [4.69, 9.17) is 0 Å². The van der Waals surface area contributed by atoms with Gasteiger partial charge in [-0.05, 0) is 43.4 Å². The van der Waals surface area contributed by atoms with Gasteiger partial charge in [-0.25, -0.2) is 9.97 Å². The molecule has 4 nitrogen and oxygen atoms in total. The van der Waals surface area contributed by atoms with Crippen molar-refractivity contribution in [2.75, 3.05) is 23.3 Å². The smallest absolute Gasteiger partial charge is 0.138 e. The molecular formula is C19H20N4S.